The predicted molar refractivity (Wildman–Crippen MR) is 70.7 cm³/mol. The lowest BCUT2D eigenvalue weighted by molar-refractivity contribution is -0.131. The SMILES string of the molecule is O=C(O)C=Cc1cccc(NC(=O)C2CCC(=O)N2)n1. The summed E-state index contributed by atoms with van der Waals surface area (Å²) in [5.74, 6) is -1.24. The number of hydrogen-bond donors (Lipinski definition) is 3. The Labute approximate surface area is 114 Å². The second kappa shape index (κ2) is 5.96. The minimum absolute atomic E-state index is 0.142. The molecule has 1 aliphatic heterocycles. The lowest BCUT2D eigenvalue weighted by atomic mass is 10.2. The quantitative estimate of drug-likeness (QED) is 0.689. The molecule has 1 atom stereocenters. The molecule has 1 fully saturated rings. The Balaban J connectivity index is 2.02. The number of pyridine rings is 1. The number of nitrogens with zero attached hydrogens (tertiary/aromatic N) is 1. The summed E-state index contributed by atoms with van der Waals surface area (Å²) in [6.07, 6.45) is 3.09. The van der Waals surface area contributed by atoms with Gasteiger partial charge in [0.25, 0.3) is 0 Å². The first-order valence-corrected chi connectivity index (χ1v) is 6.03. The van der Waals surface area contributed by atoms with Gasteiger partial charge in [-0.1, -0.05) is 6.07 Å². The minimum atomic E-state index is -1.07. The molecule has 2 heterocycles. The molecule has 2 amide bonds. The Kier molecular flexibility index (Phi) is 4.09. The van der Waals surface area contributed by atoms with E-state index < -0.39 is 12.0 Å². The van der Waals surface area contributed by atoms with Crippen molar-refractivity contribution in [3.63, 3.8) is 0 Å². The molecule has 20 heavy (non-hydrogen) atoms. The number of nitrogens with one attached hydrogen (secondary N) is 2. The van der Waals surface area contributed by atoms with Crippen molar-refractivity contribution in [3.05, 3.63) is 30.0 Å². The summed E-state index contributed by atoms with van der Waals surface area (Å²) in [4.78, 5) is 37.4. The summed E-state index contributed by atoms with van der Waals surface area (Å²) in [6.45, 7) is 0. The van der Waals surface area contributed by atoms with E-state index >= 15 is 0 Å². The van der Waals surface area contributed by atoms with Crippen LogP contribution in [0.4, 0.5) is 5.82 Å². The molecule has 1 aromatic rings. The highest BCUT2D eigenvalue weighted by atomic mass is 16.4. The normalized spacial score (nSPS) is 18.0. The smallest absolute Gasteiger partial charge is 0.328 e. The molecule has 1 aliphatic rings. The first-order chi connectivity index (χ1) is 9.54. The molecule has 3 N–H and O–H groups in total. The van der Waals surface area contributed by atoms with Crippen molar-refractivity contribution in [3.8, 4) is 0 Å². The zero-order valence-corrected chi connectivity index (χ0v) is 10.5. The zero-order chi connectivity index (χ0) is 14.5. The Hall–Kier alpha value is -2.70. The molecule has 0 aliphatic carbocycles. The lowest BCUT2D eigenvalue weighted by Crippen LogP contribution is -2.37. The number of hydrogen-bond acceptors (Lipinski definition) is 4. The number of aliphatic carboxylic acids is 1. The van der Waals surface area contributed by atoms with Gasteiger partial charge >= 0.3 is 5.97 Å². The van der Waals surface area contributed by atoms with Crippen LogP contribution < -0.4 is 10.6 Å². The van der Waals surface area contributed by atoms with Crippen LogP contribution >= 0.6 is 0 Å². The summed E-state index contributed by atoms with van der Waals surface area (Å²) >= 11 is 0. The van der Waals surface area contributed by atoms with E-state index in [1.807, 2.05) is 0 Å². The van der Waals surface area contributed by atoms with Gasteiger partial charge in [0.05, 0.1) is 5.69 Å². The third-order valence-electron chi connectivity index (χ3n) is 2.73. The van der Waals surface area contributed by atoms with E-state index in [4.69, 9.17) is 5.11 Å². The lowest BCUT2D eigenvalue weighted by Gasteiger charge is -2.10. The number of aromatic nitrogens is 1. The molecule has 7 nitrogen and oxygen atoms in total. The van der Waals surface area contributed by atoms with Crippen molar-refractivity contribution in [1.82, 2.24) is 10.3 Å². The number of carbonyl (C=O) groups excluding carboxylic acids is 2. The number of carboxylic acids is 1. The molecule has 0 spiro atoms. The van der Waals surface area contributed by atoms with Crippen molar-refractivity contribution >= 4 is 29.7 Å². The van der Waals surface area contributed by atoms with E-state index in [1.54, 1.807) is 18.2 Å². The molecule has 1 aromatic heterocycles. The van der Waals surface area contributed by atoms with Crippen LogP contribution in [0, 0.1) is 0 Å². The molecule has 0 radical (unpaired) electrons. The van der Waals surface area contributed by atoms with Crippen molar-refractivity contribution in [2.75, 3.05) is 5.32 Å². The molecule has 0 bridgehead atoms. The molecule has 1 unspecified atom stereocenters. The summed E-state index contributed by atoms with van der Waals surface area (Å²) in [5.41, 5.74) is 0.417. The van der Waals surface area contributed by atoms with Gasteiger partial charge in [-0.15, -0.1) is 0 Å². The van der Waals surface area contributed by atoms with Gasteiger partial charge in [0.1, 0.15) is 11.9 Å². The fraction of sp³-hybridized carbons (Fsp3) is 0.231. The monoisotopic (exact) mass is 275 g/mol. The first-order valence-electron chi connectivity index (χ1n) is 6.03. The molecule has 7 heteroatoms. The van der Waals surface area contributed by atoms with Gasteiger partial charge in [0, 0.05) is 12.5 Å². The number of amides is 2. The van der Waals surface area contributed by atoms with Gasteiger partial charge in [-0.05, 0) is 24.6 Å². The summed E-state index contributed by atoms with van der Waals surface area (Å²) < 4.78 is 0. The maximum absolute atomic E-state index is 11.9. The van der Waals surface area contributed by atoms with Crippen molar-refractivity contribution in [2.45, 2.75) is 18.9 Å². The van der Waals surface area contributed by atoms with Gasteiger partial charge in [-0.25, -0.2) is 9.78 Å². The molecule has 0 saturated carbocycles. The average Bonchev–Trinajstić information content (AvgIpc) is 2.84. The topological polar surface area (TPSA) is 108 Å². The van der Waals surface area contributed by atoms with Crippen LogP contribution in [0.1, 0.15) is 18.5 Å². The summed E-state index contributed by atoms with van der Waals surface area (Å²) in [7, 11) is 0. The van der Waals surface area contributed by atoms with Crippen molar-refractivity contribution < 1.29 is 19.5 Å². The maximum atomic E-state index is 11.9. The van der Waals surface area contributed by atoms with E-state index in [0.29, 0.717) is 24.4 Å². The third kappa shape index (κ3) is 3.64. The van der Waals surface area contributed by atoms with E-state index in [1.165, 1.54) is 6.08 Å². The minimum Gasteiger partial charge on any atom is -0.478 e. The molecule has 1 saturated heterocycles. The predicted octanol–water partition coefficient (Wildman–Crippen LogP) is 0.396. The van der Waals surface area contributed by atoms with Crippen molar-refractivity contribution in [1.29, 1.82) is 0 Å². The number of rotatable bonds is 4. The molecular weight excluding hydrogens is 262 g/mol. The zero-order valence-electron chi connectivity index (χ0n) is 10.5. The molecular formula is C13H13N3O4. The highest BCUT2D eigenvalue weighted by Gasteiger charge is 2.27. The average molecular weight is 275 g/mol. The maximum Gasteiger partial charge on any atom is 0.328 e. The van der Waals surface area contributed by atoms with E-state index in [0.717, 1.165) is 6.08 Å². The summed E-state index contributed by atoms with van der Waals surface area (Å²) in [5, 5.41) is 13.7. The van der Waals surface area contributed by atoms with E-state index in [-0.39, 0.29) is 11.8 Å². The Bertz CT molecular complexity index is 583. The first kappa shape index (κ1) is 13.7. The molecule has 0 aromatic carbocycles. The standard InChI is InChI=1S/C13H13N3O4/c17-11-6-5-9(15-11)13(20)16-10-3-1-2-8(14-10)4-7-12(18)19/h1-4,7,9H,5-6H2,(H,15,17)(H,18,19)(H,14,16,20). The Morgan fingerprint density at radius 3 is 2.90 bits per heavy atom. The molecule has 2 rings (SSSR count). The second-order valence-corrected chi connectivity index (χ2v) is 4.27. The van der Waals surface area contributed by atoms with Crippen LogP contribution in [0.2, 0.25) is 0 Å². The fourth-order valence-corrected chi connectivity index (χ4v) is 1.79. The van der Waals surface area contributed by atoms with Crippen LogP contribution in [0.5, 0.6) is 0 Å². The third-order valence-corrected chi connectivity index (χ3v) is 2.73. The summed E-state index contributed by atoms with van der Waals surface area (Å²) in [6, 6.07) is 4.32. The van der Waals surface area contributed by atoms with Crippen LogP contribution in [0.15, 0.2) is 24.3 Å². The van der Waals surface area contributed by atoms with Crippen LogP contribution in [0.25, 0.3) is 6.08 Å². The van der Waals surface area contributed by atoms with E-state index in [2.05, 4.69) is 15.6 Å². The molecule has 104 valence electrons. The fourth-order valence-electron chi connectivity index (χ4n) is 1.79. The Morgan fingerprint density at radius 2 is 2.25 bits per heavy atom. The van der Waals surface area contributed by atoms with Crippen LogP contribution in [-0.2, 0) is 14.4 Å². The van der Waals surface area contributed by atoms with Gasteiger partial charge < -0.3 is 15.7 Å². The van der Waals surface area contributed by atoms with Gasteiger partial charge in [0.15, 0.2) is 0 Å². The van der Waals surface area contributed by atoms with Crippen LogP contribution in [0.3, 0.4) is 0 Å². The van der Waals surface area contributed by atoms with Gasteiger partial charge in [-0.2, -0.15) is 0 Å². The largest absolute Gasteiger partial charge is 0.478 e. The van der Waals surface area contributed by atoms with Gasteiger partial charge in [0.2, 0.25) is 11.8 Å². The number of anilines is 1. The Morgan fingerprint density at radius 1 is 1.45 bits per heavy atom. The van der Waals surface area contributed by atoms with Crippen LogP contribution in [-0.4, -0.2) is 33.9 Å². The number of carbonyl (C=O) groups is 3. The number of carboxylic acid groups (broad SMARTS) is 1. The van der Waals surface area contributed by atoms with Gasteiger partial charge in [-0.3, -0.25) is 9.59 Å². The van der Waals surface area contributed by atoms with Crippen molar-refractivity contribution in [2.24, 2.45) is 0 Å². The van der Waals surface area contributed by atoms with E-state index in [9.17, 15) is 14.4 Å². The second-order valence-electron chi connectivity index (χ2n) is 4.27. The highest BCUT2D eigenvalue weighted by molar-refractivity contribution is 5.98. The highest BCUT2D eigenvalue weighted by Crippen LogP contribution is 2.11.